The molecule has 16 heavy (non-hydrogen) atoms. The van der Waals surface area contributed by atoms with Crippen LogP contribution in [-0.2, 0) is 0 Å². The monoisotopic (exact) mass is 232 g/mol. The number of aryl methyl sites for hydroxylation is 2. The summed E-state index contributed by atoms with van der Waals surface area (Å²) in [5.74, 6) is 0. The predicted octanol–water partition coefficient (Wildman–Crippen LogP) is 3.76. The number of anilines is 1. The lowest BCUT2D eigenvalue weighted by Crippen LogP contribution is -1.80. The Labute approximate surface area is 97.9 Å². The van der Waals surface area contributed by atoms with Crippen molar-refractivity contribution in [3.63, 3.8) is 0 Å². The second-order valence-corrected chi connectivity index (χ2v) is 4.44. The van der Waals surface area contributed by atoms with Crippen LogP contribution in [0.1, 0.15) is 11.3 Å². The molecule has 0 aliphatic rings. The number of nitrogens with two attached hydrogens (primary N) is 1. The molecule has 0 saturated heterocycles. The lowest BCUT2D eigenvalue weighted by atomic mass is 10.2. The smallest absolute Gasteiger partial charge is 0.182 e. The number of aromatic nitrogens is 1. The van der Waals surface area contributed by atoms with Gasteiger partial charge in [-0.25, -0.2) is 4.98 Å². The molecule has 0 spiro atoms. The second kappa shape index (κ2) is 4.40. The van der Waals surface area contributed by atoms with E-state index in [1.54, 1.807) is 0 Å². The Kier molecular flexibility index (Phi) is 2.96. The van der Waals surface area contributed by atoms with Gasteiger partial charge in [0.25, 0.3) is 0 Å². The van der Waals surface area contributed by atoms with Crippen LogP contribution in [0, 0.1) is 13.8 Å². The molecule has 2 N–H and O–H groups in total. The molecule has 0 amide bonds. The Balaban J connectivity index is 2.28. The summed E-state index contributed by atoms with van der Waals surface area (Å²) in [5.41, 5.74) is 8.37. The number of hydrogen-bond acceptors (Lipinski definition) is 5. The summed E-state index contributed by atoms with van der Waals surface area (Å²) in [5, 5.41) is 9.64. The minimum absolute atomic E-state index is 0.524. The molecule has 0 atom stereocenters. The van der Waals surface area contributed by atoms with Crippen molar-refractivity contribution >= 4 is 27.2 Å². The summed E-state index contributed by atoms with van der Waals surface area (Å²) in [6, 6.07) is 7.85. The predicted molar refractivity (Wildman–Crippen MR) is 66.6 cm³/mol. The first-order valence-corrected chi connectivity index (χ1v) is 5.69. The van der Waals surface area contributed by atoms with E-state index in [0.717, 1.165) is 21.9 Å². The number of azo groups is 1. The topological polar surface area (TPSA) is 63.6 Å². The van der Waals surface area contributed by atoms with Gasteiger partial charge in [-0.2, -0.15) is 0 Å². The lowest BCUT2D eigenvalue weighted by Gasteiger charge is -1.95. The van der Waals surface area contributed by atoms with Gasteiger partial charge in [0.05, 0.1) is 11.4 Å². The summed E-state index contributed by atoms with van der Waals surface area (Å²) in [6.07, 6.45) is 0. The van der Waals surface area contributed by atoms with Gasteiger partial charge in [-0.1, -0.05) is 29.5 Å². The van der Waals surface area contributed by atoms with Gasteiger partial charge in [-0.15, -0.1) is 10.2 Å². The summed E-state index contributed by atoms with van der Waals surface area (Å²) in [7, 11) is 0. The molecule has 0 aliphatic carbocycles. The first kappa shape index (κ1) is 10.8. The fourth-order valence-corrected chi connectivity index (χ4v) is 1.93. The normalized spacial score (nSPS) is 11.1. The Hall–Kier alpha value is -1.75. The zero-order chi connectivity index (χ0) is 11.5. The third kappa shape index (κ3) is 2.25. The van der Waals surface area contributed by atoms with E-state index in [2.05, 4.69) is 15.2 Å². The average Bonchev–Trinajstić information content (AvgIpc) is 2.56. The fraction of sp³-hybridized carbons (Fsp3) is 0.182. The van der Waals surface area contributed by atoms with Crippen molar-refractivity contribution in [2.24, 2.45) is 10.2 Å². The van der Waals surface area contributed by atoms with Crippen LogP contribution in [-0.4, -0.2) is 4.98 Å². The molecule has 1 heterocycles. The van der Waals surface area contributed by atoms with Crippen molar-refractivity contribution < 1.29 is 0 Å². The summed E-state index contributed by atoms with van der Waals surface area (Å²) in [6.45, 7) is 3.88. The molecule has 2 aromatic rings. The Morgan fingerprint density at radius 1 is 1.19 bits per heavy atom. The number of rotatable bonds is 2. The van der Waals surface area contributed by atoms with Gasteiger partial charge >= 0.3 is 0 Å². The van der Waals surface area contributed by atoms with E-state index in [-0.39, 0.29) is 0 Å². The molecule has 0 fully saturated rings. The number of nitrogen functional groups attached to an aromatic ring is 1. The van der Waals surface area contributed by atoms with Gasteiger partial charge in [0.15, 0.2) is 10.1 Å². The van der Waals surface area contributed by atoms with Crippen LogP contribution in [0.15, 0.2) is 34.5 Å². The lowest BCUT2D eigenvalue weighted by molar-refractivity contribution is 1.18. The Morgan fingerprint density at radius 3 is 2.56 bits per heavy atom. The highest BCUT2D eigenvalue weighted by atomic mass is 32.1. The highest BCUT2D eigenvalue weighted by Crippen LogP contribution is 2.30. The minimum Gasteiger partial charge on any atom is -0.375 e. The molecule has 2 rings (SSSR count). The Morgan fingerprint density at radius 2 is 1.94 bits per heavy atom. The van der Waals surface area contributed by atoms with Crippen LogP contribution in [0.2, 0.25) is 0 Å². The van der Waals surface area contributed by atoms with Crippen molar-refractivity contribution in [2.75, 3.05) is 5.73 Å². The van der Waals surface area contributed by atoms with Crippen LogP contribution < -0.4 is 5.73 Å². The van der Waals surface area contributed by atoms with Crippen molar-refractivity contribution in [1.29, 1.82) is 0 Å². The summed E-state index contributed by atoms with van der Waals surface area (Å²) < 4.78 is 0. The molecular formula is C11H12N4S. The molecule has 0 bridgehead atoms. The van der Waals surface area contributed by atoms with E-state index in [4.69, 9.17) is 5.73 Å². The molecular weight excluding hydrogens is 220 g/mol. The van der Waals surface area contributed by atoms with Crippen LogP contribution >= 0.6 is 11.3 Å². The average molecular weight is 232 g/mol. The van der Waals surface area contributed by atoms with Gasteiger partial charge in [0.1, 0.15) is 0 Å². The summed E-state index contributed by atoms with van der Waals surface area (Å²) >= 11 is 1.35. The van der Waals surface area contributed by atoms with E-state index in [1.165, 1.54) is 11.3 Å². The van der Waals surface area contributed by atoms with E-state index >= 15 is 0 Å². The Bertz CT molecular complexity index is 531. The number of thiazole rings is 1. The largest absolute Gasteiger partial charge is 0.375 e. The first-order chi connectivity index (χ1) is 7.66. The molecule has 1 aromatic heterocycles. The van der Waals surface area contributed by atoms with Crippen molar-refractivity contribution in [1.82, 2.24) is 4.98 Å². The second-order valence-electron chi connectivity index (χ2n) is 3.43. The maximum Gasteiger partial charge on any atom is 0.182 e. The third-order valence-electron chi connectivity index (χ3n) is 2.15. The minimum atomic E-state index is 0.524. The van der Waals surface area contributed by atoms with E-state index in [9.17, 15) is 0 Å². The van der Waals surface area contributed by atoms with E-state index < -0.39 is 0 Å². The third-order valence-corrected chi connectivity index (χ3v) is 3.02. The van der Waals surface area contributed by atoms with Crippen LogP contribution in [0.3, 0.4) is 0 Å². The fourth-order valence-electron chi connectivity index (χ4n) is 1.28. The first-order valence-electron chi connectivity index (χ1n) is 4.87. The van der Waals surface area contributed by atoms with Gasteiger partial charge in [0, 0.05) is 0 Å². The molecule has 1 aromatic carbocycles. The molecule has 4 nitrogen and oxygen atoms in total. The van der Waals surface area contributed by atoms with Crippen LogP contribution in [0.4, 0.5) is 15.8 Å². The quantitative estimate of drug-likeness (QED) is 0.801. The van der Waals surface area contributed by atoms with E-state index in [0.29, 0.717) is 5.13 Å². The van der Waals surface area contributed by atoms with Crippen molar-refractivity contribution in [3.05, 3.63) is 35.5 Å². The van der Waals surface area contributed by atoms with E-state index in [1.807, 2.05) is 38.1 Å². The van der Waals surface area contributed by atoms with Gasteiger partial charge in [0.2, 0.25) is 0 Å². The van der Waals surface area contributed by atoms with Crippen LogP contribution in [0.25, 0.3) is 0 Å². The number of nitrogens with zero attached hydrogens (tertiary/aromatic N) is 3. The zero-order valence-corrected chi connectivity index (χ0v) is 9.95. The van der Waals surface area contributed by atoms with Gasteiger partial charge < -0.3 is 5.73 Å². The van der Waals surface area contributed by atoms with Crippen molar-refractivity contribution in [2.45, 2.75) is 13.8 Å². The molecule has 0 aliphatic heterocycles. The van der Waals surface area contributed by atoms with Crippen molar-refractivity contribution in [3.8, 4) is 0 Å². The number of hydrogen-bond donors (Lipinski definition) is 1. The highest BCUT2D eigenvalue weighted by molar-refractivity contribution is 7.19. The highest BCUT2D eigenvalue weighted by Gasteiger charge is 2.03. The van der Waals surface area contributed by atoms with Gasteiger partial charge in [-0.05, 0) is 25.5 Å². The SMILES string of the molecule is Cc1ccccc1N=Nc1sc(N)nc1C. The van der Waals surface area contributed by atoms with Crippen LogP contribution in [0.5, 0.6) is 0 Å². The maximum atomic E-state index is 5.58. The maximum absolute atomic E-state index is 5.58. The summed E-state index contributed by atoms with van der Waals surface area (Å²) in [4.78, 5) is 4.09. The molecule has 0 saturated carbocycles. The molecule has 82 valence electrons. The molecule has 5 heteroatoms. The standard InChI is InChI=1S/C11H12N4S/c1-7-5-3-4-6-9(7)14-15-10-8(2)13-11(12)16-10/h3-6H,1-2H3,(H2,12,13). The molecule has 0 radical (unpaired) electrons. The number of benzene rings is 1. The molecule has 0 unspecified atom stereocenters. The zero-order valence-electron chi connectivity index (χ0n) is 9.14. The van der Waals surface area contributed by atoms with Gasteiger partial charge in [-0.3, -0.25) is 0 Å².